The van der Waals surface area contributed by atoms with Crippen molar-refractivity contribution in [1.29, 1.82) is 0 Å². The van der Waals surface area contributed by atoms with Gasteiger partial charge in [0.25, 0.3) is 0 Å². The third-order valence-corrected chi connectivity index (χ3v) is 2.05. The molecule has 0 aliphatic rings. The second-order valence-corrected chi connectivity index (χ2v) is 3.32. The van der Waals surface area contributed by atoms with Gasteiger partial charge in [-0.1, -0.05) is 42.5 Å². The van der Waals surface area contributed by atoms with Crippen LogP contribution in [0.4, 0.5) is 0 Å². The lowest BCUT2D eigenvalue weighted by Crippen LogP contribution is -2.14. The minimum absolute atomic E-state index is 0.857. The van der Waals surface area contributed by atoms with E-state index in [0.717, 1.165) is 25.9 Å². The number of benzene rings is 1. The van der Waals surface area contributed by atoms with Crippen LogP contribution in [0.2, 0.25) is 0 Å². The van der Waals surface area contributed by atoms with Crippen molar-refractivity contribution < 1.29 is 0 Å². The van der Waals surface area contributed by atoms with Crippen molar-refractivity contribution in [3.63, 3.8) is 0 Å². The van der Waals surface area contributed by atoms with E-state index in [0.29, 0.717) is 0 Å². The fourth-order valence-electron chi connectivity index (χ4n) is 1.26. The Morgan fingerprint density at radius 1 is 1.27 bits per heavy atom. The summed E-state index contributed by atoms with van der Waals surface area (Å²) < 4.78 is 0. The Bertz CT molecular complexity index is 319. The monoisotopic (exact) mass is 199 g/mol. The lowest BCUT2D eigenvalue weighted by Gasteiger charge is -1.98. The molecule has 1 aromatic carbocycles. The molecule has 15 heavy (non-hydrogen) atoms. The lowest BCUT2D eigenvalue weighted by atomic mass is 10.2. The summed E-state index contributed by atoms with van der Waals surface area (Å²) in [7, 11) is 0. The van der Waals surface area contributed by atoms with Crippen LogP contribution in [0, 0.1) is 12.3 Å². The van der Waals surface area contributed by atoms with Crippen molar-refractivity contribution in [2.45, 2.75) is 12.8 Å². The maximum Gasteiger partial charge on any atom is 0.0138 e. The first-order valence-electron chi connectivity index (χ1n) is 5.29. The number of hydrogen-bond donors (Lipinski definition) is 1. The third kappa shape index (κ3) is 5.72. The number of terminal acetylenes is 1. The first-order chi connectivity index (χ1) is 7.43. The average molecular weight is 199 g/mol. The zero-order valence-corrected chi connectivity index (χ0v) is 8.95. The van der Waals surface area contributed by atoms with Crippen LogP contribution in [0.5, 0.6) is 0 Å². The van der Waals surface area contributed by atoms with Crippen LogP contribution < -0.4 is 5.32 Å². The van der Waals surface area contributed by atoms with Crippen molar-refractivity contribution in [2.75, 3.05) is 13.1 Å². The van der Waals surface area contributed by atoms with Crippen molar-refractivity contribution in [3.05, 3.63) is 42.0 Å². The van der Waals surface area contributed by atoms with Crippen LogP contribution in [0.15, 0.2) is 36.4 Å². The van der Waals surface area contributed by atoms with E-state index in [-0.39, 0.29) is 0 Å². The van der Waals surface area contributed by atoms with Gasteiger partial charge in [-0.25, -0.2) is 0 Å². The van der Waals surface area contributed by atoms with E-state index in [2.05, 4.69) is 35.5 Å². The summed E-state index contributed by atoms with van der Waals surface area (Å²) in [5, 5.41) is 3.31. The highest BCUT2D eigenvalue weighted by atomic mass is 14.8. The Kier molecular flexibility index (Phi) is 6.04. The third-order valence-electron chi connectivity index (χ3n) is 2.05. The van der Waals surface area contributed by atoms with Gasteiger partial charge in [0.05, 0.1) is 0 Å². The molecular weight excluding hydrogens is 182 g/mol. The van der Waals surface area contributed by atoms with Gasteiger partial charge in [0, 0.05) is 13.0 Å². The van der Waals surface area contributed by atoms with E-state index in [1.54, 1.807) is 0 Å². The maximum absolute atomic E-state index is 5.15. The minimum atomic E-state index is 0.857. The molecule has 0 spiro atoms. The number of nitrogens with one attached hydrogen (secondary N) is 1. The van der Waals surface area contributed by atoms with Crippen LogP contribution in [-0.4, -0.2) is 13.1 Å². The topological polar surface area (TPSA) is 12.0 Å². The van der Waals surface area contributed by atoms with Gasteiger partial charge in [-0.05, 0) is 18.5 Å². The molecule has 0 amide bonds. The van der Waals surface area contributed by atoms with Gasteiger partial charge in [-0.3, -0.25) is 0 Å². The molecule has 1 heteroatoms. The molecule has 0 unspecified atom stereocenters. The van der Waals surface area contributed by atoms with E-state index in [9.17, 15) is 0 Å². The summed E-state index contributed by atoms with van der Waals surface area (Å²) in [6.07, 6.45) is 11.3. The molecule has 1 nitrogen and oxygen atoms in total. The first kappa shape index (κ1) is 11.6. The molecule has 0 saturated carbocycles. The quantitative estimate of drug-likeness (QED) is 0.548. The molecule has 0 heterocycles. The highest BCUT2D eigenvalue weighted by Gasteiger charge is 1.84. The Balaban J connectivity index is 2.10. The Hall–Kier alpha value is -1.52. The van der Waals surface area contributed by atoms with Gasteiger partial charge in [-0.2, -0.15) is 0 Å². The summed E-state index contributed by atoms with van der Waals surface area (Å²) in [5.41, 5.74) is 1.24. The van der Waals surface area contributed by atoms with E-state index >= 15 is 0 Å². The molecule has 0 aromatic heterocycles. The maximum atomic E-state index is 5.15. The van der Waals surface area contributed by atoms with Gasteiger partial charge >= 0.3 is 0 Å². The number of rotatable bonds is 6. The SMILES string of the molecule is C#CCCCNC/C=C/c1ccccc1. The summed E-state index contributed by atoms with van der Waals surface area (Å²) in [5.74, 6) is 2.63. The van der Waals surface area contributed by atoms with Crippen molar-refractivity contribution in [3.8, 4) is 12.3 Å². The van der Waals surface area contributed by atoms with Gasteiger partial charge < -0.3 is 5.32 Å². The molecule has 78 valence electrons. The summed E-state index contributed by atoms with van der Waals surface area (Å²) in [4.78, 5) is 0. The van der Waals surface area contributed by atoms with Crippen molar-refractivity contribution >= 4 is 6.08 Å². The predicted octanol–water partition coefficient (Wildman–Crippen LogP) is 2.70. The summed E-state index contributed by atoms with van der Waals surface area (Å²) in [6, 6.07) is 10.3. The second-order valence-electron chi connectivity index (χ2n) is 3.32. The first-order valence-corrected chi connectivity index (χ1v) is 5.29. The zero-order chi connectivity index (χ0) is 10.8. The van der Waals surface area contributed by atoms with Crippen LogP contribution >= 0.6 is 0 Å². The molecular formula is C14H17N. The van der Waals surface area contributed by atoms with Crippen molar-refractivity contribution in [2.24, 2.45) is 0 Å². The van der Waals surface area contributed by atoms with Gasteiger partial charge in [0.2, 0.25) is 0 Å². The van der Waals surface area contributed by atoms with Gasteiger partial charge in [0.15, 0.2) is 0 Å². The Labute approximate surface area is 92.2 Å². The molecule has 0 radical (unpaired) electrons. The lowest BCUT2D eigenvalue weighted by molar-refractivity contribution is 0.707. The fourth-order valence-corrected chi connectivity index (χ4v) is 1.26. The Morgan fingerprint density at radius 2 is 2.07 bits per heavy atom. The molecule has 0 aliphatic heterocycles. The van der Waals surface area contributed by atoms with Gasteiger partial charge in [0.1, 0.15) is 0 Å². The van der Waals surface area contributed by atoms with E-state index in [1.807, 2.05) is 18.2 Å². The molecule has 0 bridgehead atoms. The zero-order valence-electron chi connectivity index (χ0n) is 8.95. The molecule has 0 atom stereocenters. The fraction of sp³-hybridized carbons (Fsp3) is 0.286. The minimum Gasteiger partial charge on any atom is -0.313 e. The highest BCUT2D eigenvalue weighted by Crippen LogP contribution is 1.99. The number of unbranched alkanes of at least 4 members (excludes halogenated alkanes) is 1. The molecule has 0 saturated heterocycles. The highest BCUT2D eigenvalue weighted by molar-refractivity contribution is 5.48. The molecule has 1 N–H and O–H groups in total. The molecule has 1 rings (SSSR count). The predicted molar refractivity (Wildman–Crippen MR) is 66.4 cm³/mol. The van der Waals surface area contributed by atoms with Gasteiger partial charge in [-0.15, -0.1) is 12.3 Å². The van der Waals surface area contributed by atoms with Crippen LogP contribution in [0.1, 0.15) is 18.4 Å². The van der Waals surface area contributed by atoms with Crippen molar-refractivity contribution in [1.82, 2.24) is 5.32 Å². The summed E-state index contributed by atoms with van der Waals surface area (Å²) >= 11 is 0. The smallest absolute Gasteiger partial charge is 0.0138 e. The Morgan fingerprint density at radius 3 is 2.80 bits per heavy atom. The van der Waals surface area contributed by atoms with Crippen LogP contribution in [-0.2, 0) is 0 Å². The molecule has 1 aromatic rings. The summed E-state index contributed by atoms with van der Waals surface area (Å²) in [6.45, 7) is 1.89. The molecule has 0 fully saturated rings. The standard InChI is InChI=1S/C14H17N/c1-2-3-7-12-15-13-8-11-14-9-5-4-6-10-14/h1,4-6,8-11,15H,3,7,12-13H2/b11-8+. The van der Waals surface area contributed by atoms with E-state index in [1.165, 1.54) is 5.56 Å². The van der Waals surface area contributed by atoms with Crippen LogP contribution in [0.25, 0.3) is 6.08 Å². The average Bonchev–Trinajstić information content (AvgIpc) is 2.29. The normalized spacial score (nSPS) is 10.3. The number of hydrogen-bond acceptors (Lipinski definition) is 1. The second kappa shape index (κ2) is 7.84. The molecule has 0 aliphatic carbocycles. The van der Waals surface area contributed by atoms with E-state index in [4.69, 9.17) is 6.42 Å². The largest absolute Gasteiger partial charge is 0.313 e. The van der Waals surface area contributed by atoms with Crippen LogP contribution in [0.3, 0.4) is 0 Å². The van der Waals surface area contributed by atoms with E-state index < -0.39 is 0 Å².